The van der Waals surface area contributed by atoms with E-state index in [2.05, 4.69) is 24.1 Å². The van der Waals surface area contributed by atoms with E-state index in [1.807, 2.05) is 32.9 Å². The highest BCUT2D eigenvalue weighted by atomic mass is 16.6. The fourth-order valence-electron chi connectivity index (χ4n) is 7.09. The predicted octanol–water partition coefficient (Wildman–Crippen LogP) is 3.52. The van der Waals surface area contributed by atoms with Crippen LogP contribution in [0.15, 0.2) is 24.3 Å². The van der Waals surface area contributed by atoms with Crippen LogP contribution in [0.5, 0.6) is 11.5 Å². The van der Waals surface area contributed by atoms with Gasteiger partial charge in [-0.3, -0.25) is 4.79 Å². The Labute approximate surface area is 200 Å². The van der Waals surface area contributed by atoms with Crippen molar-refractivity contribution in [3.63, 3.8) is 0 Å². The van der Waals surface area contributed by atoms with Gasteiger partial charge in [0.1, 0.15) is 12.2 Å². The summed E-state index contributed by atoms with van der Waals surface area (Å²) in [7, 11) is 3.80. The first-order valence-corrected chi connectivity index (χ1v) is 12.3. The highest BCUT2D eigenvalue weighted by molar-refractivity contribution is 5.93. The Morgan fingerprint density at radius 1 is 1.18 bits per heavy atom. The second kappa shape index (κ2) is 6.78. The van der Waals surface area contributed by atoms with E-state index in [9.17, 15) is 9.59 Å². The van der Waals surface area contributed by atoms with Crippen LogP contribution in [0.25, 0.3) is 0 Å². The van der Waals surface area contributed by atoms with E-state index < -0.39 is 28.5 Å². The zero-order valence-corrected chi connectivity index (χ0v) is 20.6. The first-order chi connectivity index (χ1) is 16.1. The summed E-state index contributed by atoms with van der Waals surface area (Å²) in [4.78, 5) is 28.5. The molecule has 5 aliphatic rings. The number of methoxy groups -OCH3 is 1. The molecule has 1 saturated carbocycles. The third-order valence-electron chi connectivity index (χ3n) is 9.80. The number of hydrogen-bond acceptors (Lipinski definition) is 7. The van der Waals surface area contributed by atoms with Gasteiger partial charge in [-0.1, -0.05) is 26.0 Å². The maximum absolute atomic E-state index is 13.5. The number of esters is 2. The minimum Gasteiger partial charge on any atom is -0.493 e. The second-order valence-electron chi connectivity index (χ2n) is 11.5. The maximum atomic E-state index is 13.5. The van der Waals surface area contributed by atoms with Crippen molar-refractivity contribution in [1.29, 1.82) is 0 Å². The van der Waals surface area contributed by atoms with Crippen LogP contribution in [-0.4, -0.2) is 55.3 Å². The lowest BCUT2D eigenvalue weighted by atomic mass is 9.66. The fraction of sp³-hybridized carbons (Fsp3) is 0.630. The van der Waals surface area contributed by atoms with Gasteiger partial charge in [-0.15, -0.1) is 0 Å². The number of hydrogen-bond donors (Lipinski definition) is 0. The summed E-state index contributed by atoms with van der Waals surface area (Å²) >= 11 is 0. The van der Waals surface area contributed by atoms with E-state index in [0.717, 1.165) is 31.0 Å². The monoisotopic (exact) mass is 467 g/mol. The molecule has 3 heterocycles. The summed E-state index contributed by atoms with van der Waals surface area (Å²) in [5, 5.41) is 0. The minimum atomic E-state index is -1.22. The highest BCUT2D eigenvalue weighted by Crippen LogP contribution is 2.66. The lowest BCUT2D eigenvalue weighted by Gasteiger charge is -2.39. The number of carbonyl (C=O) groups is 2. The van der Waals surface area contributed by atoms with Gasteiger partial charge in [-0.25, -0.2) is 4.79 Å². The summed E-state index contributed by atoms with van der Waals surface area (Å²) in [5.41, 5.74) is -0.310. The topological polar surface area (TPSA) is 74.3 Å². The maximum Gasteiger partial charge on any atom is 0.351 e. The number of nitrogens with zero attached hydrogens (tertiary/aromatic N) is 1. The second-order valence-corrected chi connectivity index (χ2v) is 11.5. The van der Waals surface area contributed by atoms with Gasteiger partial charge in [0.05, 0.1) is 17.9 Å². The SMILES string of the molecule is COc1ccc2c3c1O[C@H]1C[C@@H](OC(=O)[C@@]45CC[C@@](C)(C(=O)O4)C5(C)C)C=C[C@@]31CCN(C)C2. The first kappa shape index (κ1) is 22.0. The molecule has 0 aromatic heterocycles. The molecule has 1 aromatic rings. The molecule has 0 N–H and O–H groups in total. The molecule has 5 atom stereocenters. The van der Waals surface area contributed by atoms with E-state index >= 15 is 0 Å². The van der Waals surface area contributed by atoms with Crippen molar-refractivity contribution in [2.24, 2.45) is 10.8 Å². The highest BCUT2D eigenvalue weighted by Gasteiger charge is 2.76. The molecule has 3 aliphatic heterocycles. The number of benzene rings is 1. The Balaban J connectivity index is 1.31. The van der Waals surface area contributed by atoms with Crippen LogP contribution in [0.3, 0.4) is 0 Å². The average Bonchev–Trinajstić information content (AvgIpc) is 3.24. The molecule has 7 heteroatoms. The van der Waals surface area contributed by atoms with Crippen molar-refractivity contribution in [1.82, 2.24) is 4.90 Å². The Hall–Kier alpha value is -2.54. The molecule has 2 aliphatic carbocycles. The Morgan fingerprint density at radius 3 is 2.65 bits per heavy atom. The molecule has 0 amide bonds. The summed E-state index contributed by atoms with van der Waals surface area (Å²) in [5.74, 6) is 0.818. The largest absolute Gasteiger partial charge is 0.493 e. The number of fused-ring (bicyclic) bond motifs is 2. The van der Waals surface area contributed by atoms with Crippen LogP contribution < -0.4 is 9.47 Å². The number of carbonyl (C=O) groups excluding carboxylic acids is 2. The van der Waals surface area contributed by atoms with Gasteiger partial charge in [-0.2, -0.15) is 0 Å². The van der Waals surface area contributed by atoms with Crippen molar-refractivity contribution < 1.29 is 28.5 Å². The predicted molar refractivity (Wildman–Crippen MR) is 124 cm³/mol. The number of ether oxygens (including phenoxy) is 4. The van der Waals surface area contributed by atoms with Crippen LogP contribution >= 0.6 is 0 Å². The van der Waals surface area contributed by atoms with Gasteiger partial charge in [0.15, 0.2) is 11.5 Å². The van der Waals surface area contributed by atoms with Crippen molar-refractivity contribution >= 4 is 11.9 Å². The molecule has 0 unspecified atom stereocenters. The fourth-order valence-corrected chi connectivity index (χ4v) is 7.09. The van der Waals surface area contributed by atoms with Gasteiger partial charge >= 0.3 is 11.9 Å². The van der Waals surface area contributed by atoms with Gasteiger partial charge in [0.2, 0.25) is 5.60 Å². The summed E-state index contributed by atoms with van der Waals surface area (Å²) in [6.07, 6.45) is 6.21. The third-order valence-corrected chi connectivity index (χ3v) is 9.80. The molecule has 2 fully saturated rings. The molecule has 1 aromatic carbocycles. The zero-order chi connectivity index (χ0) is 24.1. The van der Waals surface area contributed by atoms with E-state index in [1.54, 1.807) is 7.11 Å². The molecule has 1 saturated heterocycles. The van der Waals surface area contributed by atoms with Crippen LogP contribution in [-0.2, 0) is 31.0 Å². The van der Waals surface area contributed by atoms with Gasteiger partial charge in [0.25, 0.3) is 0 Å². The lowest BCUT2D eigenvalue weighted by molar-refractivity contribution is -0.186. The van der Waals surface area contributed by atoms with Crippen LogP contribution in [0.1, 0.15) is 57.6 Å². The van der Waals surface area contributed by atoms with E-state index in [4.69, 9.17) is 18.9 Å². The molecule has 34 heavy (non-hydrogen) atoms. The van der Waals surface area contributed by atoms with Crippen molar-refractivity contribution in [3.8, 4) is 11.5 Å². The van der Waals surface area contributed by atoms with Crippen LogP contribution in [0, 0.1) is 10.8 Å². The molecular formula is C27H33NO6. The Bertz CT molecular complexity index is 1130. The molecule has 2 bridgehead atoms. The summed E-state index contributed by atoms with van der Waals surface area (Å²) < 4.78 is 24.0. The quantitative estimate of drug-likeness (QED) is 0.497. The molecule has 6 rings (SSSR count). The average molecular weight is 468 g/mol. The smallest absolute Gasteiger partial charge is 0.351 e. The van der Waals surface area contributed by atoms with Crippen LogP contribution in [0.4, 0.5) is 0 Å². The van der Waals surface area contributed by atoms with E-state index in [-0.39, 0.29) is 17.5 Å². The summed E-state index contributed by atoms with van der Waals surface area (Å²) in [6.45, 7) is 7.60. The number of rotatable bonds is 3. The molecule has 7 nitrogen and oxygen atoms in total. The van der Waals surface area contributed by atoms with Crippen LogP contribution in [0.2, 0.25) is 0 Å². The van der Waals surface area contributed by atoms with Crippen molar-refractivity contribution in [2.75, 3.05) is 20.7 Å². The summed E-state index contributed by atoms with van der Waals surface area (Å²) in [6, 6.07) is 4.12. The lowest BCUT2D eigenvalue weighted by Crippen LogP contribution is -2.51. The van der Waals surface area contributed by atoms with Crippen molar-refractivity contribution in [3.05, 3.63) is 35.4 Å². The van der Waals surface area contributed by atoms with Gasteiger partial charge in [-0.05, 0) is 57.5 Å². The minimum absolute atomic E-state index is 0.155. The molecule has 182 valence electrons. The standard InChI is InChI=1S/C27H33NO6/c1-24(2)25(3)10-11-27(24,34-22(25)29)23(30)32-17-8-9-26-12-13-28(4)15-16-6-7-18(31-5)21(20(16)26)33-19(26)14-17/h6-9,17,19H,10-15H2,1-5H3/t17-,19-,25-,26-,27+/m0/s1. The molecular weight excluding hydrogens is 434 g/mol. The molecule has 1 spiro atoms. The van der Waals surface area contributed by atoms with Crippen molar-refractivity contribution in [2.45, 2.75) is 76.2 Å². The van der Waals surface area contributed by atoms with Gasteiger partial charge < -0.3 is 23.8 Å². The van der Waals surface area contributed by atoms with Gasteiger partial charge in [0, 0.05) is 23.9 Å². The zero-order valence-electron chi connectivity index (χ0n) is 20.6. The molecule has 0 radical (unpaired) electrons. The normalized spacial score (nSPS) is 39.0. The van der Waals surface area contributed by atoms with E-state index in [1.165, 1.54) is 11.1 Å². The van der Waals surface area contributed by atoms with E-state index in [0.29, 0.717) is 19.3 Å². The third kappa shape index (κ3) is 2.46. The Kier molecular flexibility index (Phi) is 4.38. The Morgan fingerprint density at radius 2 is 1.97 bits per heavy atom. The first-order valence-electron chi connectivity index (χ1n) is 12.3.